The van der Waals surface area contributed by atoms with Crippen molar-refractivity contribution in [2.75, 3.05) is 13.2 Å². The van der Waals surface area contributed by atoms with Gasteiger partial charge in [-0.05, 0) is 42.8 Å². The summed E-state index contributed by atoms with van der Waals surface area (Å²) in [6, 6.07) is 12.9. The van der Waals surface area contributed by atoms with Crippen LogP contribution in [0.15, 0.2) is 70.3 Å². The SMILES string of the molecule is C=CCOc1cc(Br)c(C=C2N=C(c3ccccc3)OC2=O)cc1OCC. The molecule has 0 unspecified atom stereocenters. The topological polar surface area (TPSA) is 57.1 Å². The van der Waals surface area contributed by atoms with Crippen LogP contribution in [0.4, 0.5) is 0 Å². The lowest BCUT2D eigenvalue weighted by Gasteiger charge is -2.13. The first-order valence-corrected chi connectivity index (χ1v) is 9.19. The van der Waals surface area contributed by atoms with Crippen LogP contribution in [0.3, 0.4) is 0 Å². The molecule has 1 heterocycles. The second-order valence-corrected chi connectivity index (χ2v) is 6.41. The van der Waals surface area contributed by atoms with Crippen LogP contribution in [0, 0.1) is 0 Å². The van der Waals surface area contributed by atoms with Gasteiger partial charge >= 0.3 is 5.97 Å². The smallest absolute Gasteiger partial charge is 0.363 e. The Bertz CT molecular complexity index is 919. The van der Waals surface area contributed by atoms with E-state index in [9.17, 15) is 4.79 Å². The van der Waals surface area contributed by atoms with Gasteiger partial charge in [0.05, 0.1) is 6.61 Å². The van der Waals surface area contributed by atoms with Gasteiger partial charge in [0.1, 0.15) is 6.61 Å². The van der Waals surface area contributed by atoms with E-state index in [0.717, 1.165) is 15.6 Å². The predicted octanol–water partition coefficient (Wildman–Crippen LogP) is 4.76. The molecule has 0 saturated carbocycles. The van der Waals surface area contributed by atoms with Gasteiger partial charge in [0, 0.05) is 10.0 Å². The van der Waals surface area contributed by atoms with Gasteiger partial charge in [-0.3, -0.25) is 0 Å². The van der Waals surface area contributed by atoms with Gasteiger partial charge in [-0.2, -0.15) is 0 Å². The number of cyclic esters (lactones) is 1. The highest BCUT2D eigenvalue weighted by Crippen LogP contribution is 2.35. The fourth-order valence-corrected chi connectivity index (χ4v) is 2.89. The van der Waals surface area contributed by atoms with E-state index in [-0.39, 0.29) is 5.70 Å². The summed E-state index contributed by atoms with van der Waals surface area (Å²) in [6.45, 7) is 6.39. The van der Waals surface area contributed by atoms with Crippen LogP contribution in [0.5, 0.6) is 11.5 Å². The van der Waals surface area contributed by atoms with Crippen LogP contribution in [-0.4, -0.2) is 25.1 Å². The first-order valence-electron chi connectivity index (χ1n) is 8.40. The maximum absolute atomic E-state index is 12.2. The van der Waals surface area contributed by atoms with Crippen LogP contribution in [-0.2, 0) is 9.53 Å². The average Bonchev–Trinajstić information content (AvgIpc) is 3.04. The summed E-state index contributed by atoms with van der Waals surface area (Å²) in [5.41, 5.74) is 1.70. The van der Waals surface area contributed by atoms with Crippen molar-refractivity contribution in [1.82, 2.24) is 0 Å². The summed E-state index contributed by atoms with van der Waals surface area (Å²) < 4.78 is 17.3. The van der Waals surface area contributed by atoms with E-state index in [1.165, 1.54) is 0 Å². The molecule has 0 aliphatic carbocycles. The molecule has 0 fully saturated rings. The molecule has 0 amide bonds. The third kappa shape index (κ3) is 4.46. The average molecular weight is 428 g/mol. The zero-order valence-electron chi connectivity index (χ0n) is 14.8. The molecule has 0 N–H and O–H groups in total. The molecule has 0 radical (unpaired) electrons. The lowest BCUT2D eigenvalue weighted by molar-refractivity contribution is -0.129. The van der Waals surface area contributed by atoms with E-state index in [4.69, 9.17) is 14.2 Å². The van der Waals surface area contributed by atoms with Crippen LogP contribution in [0.2, 0.25) is 0 Å². The summed E-state index contributed by atoms with van der Waals surface area (Å²) in [4.78, 5) is 16.5. The Morgan fingerprint density at radius 2 is 1.93 bits per heavy atom. The summed E-state index contributed by atoms with van der Waals surface area (Å²) >= 11 is 3.51. The molecule has 0 atom stereocenters. The first-order chi connectivity index (χ1) is 13.1. The molecule has 1 aliphatic rings. The highest BCUT2D eigenvalue weighted by Gasteiger charge is 2.24. The molecule has 2 aromatic rings. The summed E-state index contributed by atoms with van der Waals surface area (Å²) in [5.74, 6) is 0.964. The minimum atomic E-state index is -0.495. The standard InChI is InChI=1S/C21H18BrNO4/c1-3-10-26-19-13-16(22)15(12-18(19)25-4-2)11-17-21(24)27-20(23-17)14-8-6-5-7-9-14/h3,5-9,11-13H,1,4,10H2,2H3. The van der Waals surface area contributed by atoms with Gasteiger partial charge in [-0.1, -0.05) is 46.8 Å². The Labute approximate surface area is 166 Å². The second-order valence-electron chi connectivity index (χ2n) is 5.56. The van der Waals surface area contributed by atoms with Gasteiger partial charge in [-0.15, -0.1) is 0 Å². The maximum Gasteiger partial charge on any atom is 0.363 e. The Balaban J connectivity index is 1.96. The van der Waals surface area contributed by atoms with E-state index in [1.54, 1.807) is 24.3 Å². The van der Waals surface area contributed by atoms with Crippen molar-refractivity contribution in [3.63, 3.8) is 0 Å². The summed E-state index contributed by atoms with van der Waals surface area (Å²) in [5, 5.41) is 0. The summed E-state index contributed by atoms with van der Waals surface area (Å²) in [6.07, 6.45) is 3.32. The highest BCUT2D eigenvalue weighted by molar-refractivity contribution is 9.10. The molecule has 0 aromatic heterocycles. The number of ether oxygens (including phenoxy) is 3. The maximum atomic E-state index is 12.2. The molecule has 5 nitrogen and oxygen atoms in total. The number of hydrogen-bond donors (Lipinski definition) is 0. The molecule has 0 bridgehead atoms. The molecule has 27 heavy (non-hydrogen) atoms. The molecular weight excluding hydrogens is 410 g/mol. The van der Waals surface area contributed by atoms with Crippen LogP contribution in [0.1, 0.15) is 18.1 Å². The van der Waals surface area contributed by atoms with E-state index >= 15 is 0 Å². The normalized spacial score (nSPS) is 14.7. The van der Waals surface area contributed by atoms with E-state index < -0.39 is 5.97 Å². The van der Waals surface area contributed by atoms with E-state index in [0.29, 0.717) is 30.6 Å². The summed E-state index contributed by atoms with van der Waals surface area (Å²) in [7, 11) is 0. The number of aliphatic imine (C=N–C) groups is 1. The predicted molar refractivity (Wildman–Crippen MR) is 108 cm³/mol. The van der Waals surface area contributed by atoms with Gasteiger partial charge in [0.25, 0.3) is 0 Å². The molecule has 138 valence electrons. The van der Waals surface area contributed by atoms with Crippen LogP contribution in [0.25, 0.3) is 6.08 Å². The molecule has 3 rings (SSSR count). The van der Waals surface area contributed by atoms with Crippen molar-refractivity contribution >= 4 is 33.9 Å². The van der Waals surface area contributed by atoms with Gasteiger partial charge in [0.2, 0.25) is 5.90 Å². The number of nitrogens with zero attached hydrogens (tertiary/aromatic N) is 1. The quantitative estimate of drug-likeness (QED) is 0.363. The molecule has 0 spiro atoms. The Hall–Kier alpha value is -2.86. The van der Waals surface area contributed by atoms with Crippen molar-refractivity contribution in [2.24, 2.45) is 4.99 Å². The molecule has 0 saturated heterocycles. The van der Waals surface area contributed by atoms with E-state index in [2.05, 4.69) is 27.5 Å². The molecule has 2 aromatic carbocycles. The van der Waals surface area contributed by atoms with Gasteiger partial charge in [0.15, 0.2) is 17.2 Å². The first kappa shape index (κ1) is 18.9. The van der Waals surface area contributed by atoms with Gasteiger partial charge in [-0.25, -0.2) is 9.79 Å². The van der Waals surface area contributed by atoms with Crippen molar-refractivity contribution < 1.29 is 19.0 Å². The number of carbonyl (C=O) groups is 1. The van der Waals surface area contributed by atoms with Crippen molar-refractivity contribution in [3.05, 3.63) is 76.4 Å². The van der Waals surface area contributed by atoms with Gasteiger partial charge < -0.3 is 14.2 Å². The number of benzene rings is 2. The number of rotatable bonds is 7. The minimum Gasteiger partial charge on any atom is -0.490 e. The third-order valence-electron chi connectivity index (χ3n) is 3.65. The van der Waals surface area contributed by atoms with Crippen LogP contribution >= 0.6 is 15.9 Å². The largest absolute Gasteiger partial charge is 0.490 e. The monoisotopic (exact) mass is 427 g/mol. The number of esters is 1. The van der Waals surface area contributed by atoms with Crippen molar-refractivity contribution in [2.45, 2.75) is 6.92 Å². The lowest BCUT2D eigenvalue weighted by atomic mass is 10.1. The zero-order chi connectivity index (χ0) is 19.2. The molecule has 6 heteroatoms. The zero-order valence-corrected chi connectivity index (χ0v) is 16.4. The fourth-order valence-electron chi connectivity index (χ4n) is 2.45. The Morgan fingerprint density at radius 3 is 2.63 bits per heavy atom. The highest BCUT2D eigenvalue weighted by atomic mass is 79.9. The third-order valence-corrected chi connectivity index (χ3v) is 4.34. The Kier molecular flexibility index (Phi) is 6.08. The van der Waals surface area contributed by atoms with Crippen LogP contribution < -0.4 is 9.47 Å². The van der Waals surface area contributed by atoms with Crippen molar-refractivity contribution in [1.29, 1.82) is 0 Å². The van der Waals surface area contributed by atoms with E-state index in [1.807, 2.05) is 37.3 Å². The number of hydrogen-bond acceptors (Lipinski definition) is 5. The fraction of sp³-hybridized carbons (Fsp3) is 0.143. The Morgan fingerprint density at radius 1 is 1.19 bits per heavy atom. The number of halogens is 1. The number of carbonyl (C=O) groups excluding carboxylic acids is 1. The van der Waals surface area contributed by atoms with Crippen molar-refractivity contribution in [3.8, 4) is 11.5 Å². The lowest BCUT2D eigenvalue weighted by Crippen LogP contribution is -2.05. The molecule has 1 aliphatic heterocycles. The molecular formula is C21H18BrNO4. The minimum absolute atomic E-state index is 0.219. The second kappa shape index (κ2) is 8.68.